The molecule has 1 N–H and O–H groups in total. The molecule has 0 saturated heterocycles. The van der Waals surface area contributed by atoms with Crippen molar-refractivity contribution in [3.63, 3.8) is 0 Å². The highest BCUT2D eigenvalue weighted by atomic mass is 35.6. The van der Waals surface area contributed by atoms with Gasteiger partial charge in [-0.25, -0.2) is 0 Å². The summed E-state index contributed by atoms with van der Waals surface area (Å²) >= 11 is 34.2. The maximum Gasteiger partial charge on any atom is 0.223 e. The topological polar surface area (TPSA) is 20.2 Å². The zero-order valence-electron chi connectivity index (χ0n) is 7.10. The van der Waals surface area contributed by atoms with Gasteiger partial charge in [-0.3, -0.25) is 0 Å². The minimum atomic E-state index is -1.98. The van der Waals surface area contributed by atoms with Gasteiger partial charge in [-0.05, 0) is 6.08 Å². The summed E-state index contributed by atoms with van der Waals surface area (Å²) in [6.45, 7) is 0. The Kier molecular flexibility index (Phi) is 4.23. The van der Waals surface area contributed by atoms with Gasteiger partial charge in [0.15, 0.2) is 3.79 Å². The Labute approximate surface area is 118 Å². The van der Waals surface area contributed by atoms with Crippen molar-refractivity contribution < 1.29 is 5.11 Å². The summed E-state index contributed by atoms with van der Waals surface area (Å²) in [6.07, 6.45) is 5.91. The van der Waals surface area contributed by atoms with Crippen LogP contribution < -0.4 is 0 Å². The van der Waals surface area contributed by atoms with Crippen molar-refractivity contribution in [3.8, 4) is 0 Å². The third kappa shape index (κ3) is 2.90. The summed E-state index contributed by atoms with van der Waals surface area (Å²) in [5.41, 5.74) is -1.85. The Hall–Kier alpha value is 1.18. The average molecular weight is 331 g/mol. The first-order valence-electron chi connectivity index (χ1n) is 3.81. The number of alkyl halides is 6. The van der Waals surface area contributed by atoms with E-state index in [0.717, 1.165) is 0 Å². The van der Waals surface area contributed by atoms with Crippen molar-refractivity contribution in [2.45, 2.75) is 13.2 Å². The molecule has 0 amide bonds. The lowest BCUT2D eigenvalue weighted by molar-refractivity contribution is 0.0514. The van der Waals surface area contributed by atoms with Crippen LogP contribution in [0.1, 0.15) is 0 Å². The molecule has 0 aromatic carbocycles. The number of hydrogen-bond donors (Lipinski definition) is 1. The Bertz CT molecular complexity index is 299. The summed E-state index contributed by atoms with van der Waals surface area (Å²) in [5.74, 6) is -0.938. The Balaban J connectivity index is 3.17. The molecule has 0 aromatic rings. The SMILES string of the molecule is OC1(C(Cl)(Cl)Cl)C=CC=CC1C(Cl)(Cl)Cl. The lowest BCUT2D eigenvalue weighted by atomic mass is 9.86. The molecule has 0 fully saturated rings. The average Bonchev–Trinajstić information content (AvgIpc) is 2.00. The van der Waals surface area contributed by atoms with E-state index in [1.165, 1.54) is 18.2 Å². The number of aliphatic hydroxyl groups is 1. The van der Waals surface area contributed by atoms with Gasteiger partial charge in [0.1, 0.15) is 5.60 Å². The second-order valence-electron chi connectivity index (χ2n) is 3.09. The molecule has 0 heterocycles. The minimum Gasteiger partial charge on any atom is -0.380 e. The molecule has 2 atom stereocenters. The molecule has 0 spiro atoms. The van der Waals surface area contributed by atoms with Gasteiger partial charge >= 0.3 is 0 Å². The van der Waals surface area contributed by atoms with Crippen LogP contribution >= 0.6 is 69.6 Å². The van der Waals surface area contributed by atoms with Gasteiger partial charge in [-0.1, -0.05) is 87.8 Å². The molecular formula is C8H6Cl6O. The molecule has 0 radical (unpaired) electrons. The van der Waals surface area contributed by atoms with E-state index in [1.54, 1.807) is 6.08 Å². The molecule has 7 heteroatoms. The van der Waals surface area contributed by atoms with Crippen LogP contribution in [0.2, 0.25) is 0 Å². The van der Waals surface area contributed by atoms with Gasteiger partial charge in [0.25, 0.3) is 0 Å². The van der Waals surface area contributed by atoms with Gasteiger partial charge in [-0.15, -0.1) is 0 Å². The number of halogens is 6. The fraction of sp³-hybridized carbons (Fsp3) is 0.500. The molecule has 1 rings (SSSR count). The lowest BCUT2D eigenvalue weighted by Gasteiger charge is -2.41. The second kappa shape index (κ2) is 4.45. The van der Waals surface area contributed by atoms with Crippen LogP contribution in [0.15, 0.2) is 24.3 Å². The Morgan fingerprint density at radius 1 is 1.00 bits per heavy atom. The monoisotopic (exact) mass is 328 g/mol. The molecule has 2 unspecified atom stereocenters. The molecule has 0 aliphatic heterocycles. The maximum atomic E-state index is 10.2. The normalized spacial score (nSPS) is 32.1. The zero-order chi connectivity index (χ0) is 11.9. The van der Waals surface area contributed by atoms with Crippen molar-refractivity contribution in [2.75, 3.05) is 0 Å². The molecule has 0 aromatic heterocycles. The molecule has 0 bridgehead atoms. The summed E-state index contributed by atoms with van der Waals surface area (Å²) in [7, 11) is 0. The smallest absolute Gasteiger partial charge is 0.223 e. The molecule has 86 valence electrons. The fourth-order valence-corrected chi connectivity index (χ4v) is 2.52. The van der Waals surface area contributed by atoms with Crippen molar-refractivity contribution in [3.05, 3.63) is 24.3 Å². The van der Waals surface area contributed by atoms with Gasteiger partial charge in [-0.2, -0.15) is 0 Å². The second-order valence-corrected chi connectivity index (χ2v) is 7.74. The third-order valence-electron chi connectivity index (χ3n) is 2.05. The van der Waals surface area contributed by atoms with Crippen LogP contribution in [0.4, 0.5) is 0 Å². The van der Waals surface area contributed by atoms with Gasteiger partial charge < -0.3 is 5.11 Å². The van der Waals surface area contributed by atoms with Crippen LogP contribution in [0.3, 0.4) is 0 Å². The number of allylic oxidation sites excluding steroid dienone is 2. The predicted octanol–water partition coefficient (Wildman–Crippen LogP) is 4.20. The van der Waals surface area contributed by atoms with Crippen molar-refractivity contribution in [1.29, 1.82) is 0 Å². The zero-order valence-corrected chi connectivity index (χ0v) is 11.6. The highest BCUT2D eigenvalue weighted by molar-refractivity contribution is 6.70. The third-order valence-corrected chi connectivity index (χ3v) is 3.66. The van der Waals surface area contributed by atoms with Crippen molar-refractivity contribution in [2.24, 2.45) is 5.92 Å². The van der Waals surface area contributed by atoms with E-state index in [9.17, 15) is 5.11 Å². The van der Waals surface area contributed by atoms with E-state index in [4.69, 9.17) is 69.6 Å². The van der Waals surface area contributed by atoms with E-state index < -0.39 is 19.1 Å². The van der Waals surface area contributed by atoms with E-state index in [2.05, 4.69) is 0 Å². The van der Waals surface area contributed by atoms with Gasteiger partial charge in [0, 0.05) is 0 Å². The summed E-state index contributed by atoms with van der Waals surface area (Å²) < 4.78 is -3.75. The molecule has 1 nitrogen and oxygen atoms in total. The lowest BCUT2D eigenvalue weighted by Crippen LogP contribution is -2.52. The highest BCUT2D eigenvalue weighted by Crippen LogP contribution is 2.52. The molecular weight excluding hydrogens is 325 g/mol. The first-order chi connectivity index (χ1) is 6.59. The summed E-state index contributed by atoms with van der Waals surface area (Å²) in [6, 6.07) is 0. The van der Waals surface area contributed by atoms with Crippen LogP contribution in [-0.4, -0.2) is 18.3 Å². The van der Waals surface area contributed by atoms with E-state index >= 15 is 0 Å². The number of hydrogen-bond acceptors (Lipinski definition) is 1. The first kappa shape index (κ1) is 14.2. The predicted molar refractivity (Wildman–Crippen MR) is 67.3 cm³/mol. The highest BCUT2D eigenvalue weighted by Gasteiger charge is 2.56. The Morgan fingerprint density at radius 3 is 1.87 bits per heavy atom. The van der Waals surface area contributed by atoms with E-state index in [-0.39, 0.29) is 0 Å². The van der Waals surface area contributed by atoms with Crippen LogP contribution in [0, 0.1) is 5.92 Å². The van der Waals surface area contributed by atoms with Gasteiger partial charge in [0.2, 0.25) is 3.79 Å². The largest absolute Gasteiger partial charge is 0.380 e. The molecule has 0 saturated carbocycles. The van der Waals surface area contributed by atoms with Gasteiger partial charge in [0.05, 0.1) is 5.92 Å². The fourth-order valence-electron chi connectivity index (χ4n) is 1.26. The standard InChI is InChI=1S/C8H6Cl6O/c9-7(10,11)5-3-1-2-4-6(5,15)8(12,13)14/h1-5,15H. The van der Waals surface area contributed by atoms with Crippen molar-refractivity contribution >= 4 is 69.6 Å². The molecule has 1 aliphatic carbocycles. The van der Waals surface area contributed by atoms with Crippen molar-refractivity contribution in [1.82, 2.24) is 0 Å². The minimum absolute atomic E-state index is 0.938. The quantitative estimate of drug-likeness (QED) is 0.660. The summed E-state index contributed by atoms with van der Waals surface area (Å²) in [5, 5.41) is 10.2. The van der Waals surface area contributed by atoms with Crippen LogP contribution in [-0.2, 0) is 0 Å². The number of rotatable bonds is 0. The van der Waals surface area contributed by atoms with Crippen LogP contribution in [0.25, 0.3) is 0 Å². The Morgan fingerprint density at radius 2 is 1.53 bits per heavy atom. The molecule has 1 aliphatic rings. The van der Waals surface area contributed by atoms with Crippen LogP contribution in [0.5, 0.6) is 0 Å². The maximum absolute atomic E-state index is 10.2. The summed E-state index contributed by atoms with van der Waals surface area (Å²) in [4.78, 5) is 0. The van der Waals surface area contributed by atoms with E-state index in [1.807, 2.05) is 0 Å². The molecule has 15 heavy (non-hydrogen) atoms. The first-order valence-corrected chi connectivity index (χ1v) is 6.07. The van der Waals surface area contributed by atoms with E-state index in [0.29, 0.717) is 0 Å².